The Morgan fingerprint density at radius 2 is 1.96 bits per heavy atom. The number of hydrogen-bond donors (Lipinski definition) is 0. The van der Waals surface area contributed by atoms with E-state index in [1.165, 1.54) is 29.2 Å². The van der Waals surface area contributed by atoms with Gasteiger partial charge >= 0.3 is 0 Å². The highest BCUT2D eigenvalue weighted by Crippen LogP contribution is 2.38. The predicted molar refractivity (Wildman–Crippen MR) is 90.1 cm³/mol. The van der Waals surface area contributed by atoms with Crippen molar-refractivity contribution in [2.24, 2.45) is 0 Å². The van der Waals surface area contributed by atoms with Gasteiger partial charge in [-0.15, -0.1) is 0 Å². The van der Waals surface area contributed by atoms with Crippen molar-refractivity contribution in [3.8, 4) is 0 Å². The maximum absolute atomic E-state index is 5.47. The summed E-state index contributed by atoms with van der Waals surface area (Å²) in [6, 6.07) is 15.1. The molecule has 1 saturated carbocycles. The number of aromatic nitrogens is 2. The zero-order valence-electron chi connectivity index (χ0n) is 13.6. The monoisotopic (exact) mass is 307 g/mol. The fourth-order valence-corrected chi connectivity index (χ4v) is 2.95. The van der Waals surface area contributed by atoms with Crippen LogP contribution in [-0.2, 0) is 6.54 Å². The molecule has 0 saturated heterocycles. The third-order valence-electron chi connectivity index (χ3n) is 4.72. The van der Waals surface area contributed by atoms with Crippen molar-refractivity contribution < 1.29 is 4.52 Å². The van der Waals surface area contributed by atoms with E-state index in [-0.39, 0.29) is 6.04 Å². The Morgan fingerprint density at radius 3 is 2.78 bits per heavy atom. The van der Waals surface area contributed by atoms with Crippen LogP contribution in [0, 0.1) is 0 Å². The summed E-state index contributed by atoms with van der Waals surface area (Å²) in [6.07, 6.45) is 2.39. The lowest BCUT2D eigenvalue weighted by Gasteiger charge is -2.22. The van der Waals surface area contributed by atoms with Gasteiger partial charge in [0, 0.05) is 12.5 Å². The Morgan fingerprint density at radius 1 is 1.17 bits per heavy atom. The third-order valence-corrected chi connectivity index (χ3v) is 4.72. The van der Waals surface area contributed by atoms with Crippen LogP contribution in [0.4, 0.5) is 0 Å². The molecule has 0 amide bonds. The topological polar surface area (TPSA) is 42.2 Å². The van der Waals surface area contributed by atoms with E-state index < -0.39 is 0 Å². The molecule has 118 valence electrons. The third kappa shape index (κ3) is 2.86. The van der Waals surface area contributed by atoms with Crippen molar-refractivity contribution in [2.75, 3.05) is 7.05 Å². The molecule has 2 aromatic carbocycles. The second-order valence-electron chi connectivity index (χ2n) is 6.49. The van der Waals surface area contributed by atoms with Gasteiger partial charge in [-0.2, -0.15) is 4.98 Å². The number of hydrogen-bond acceptors (Lipinski definition) is 4. The van der Waals surface area contributed by atoms with Crippen LogP contribution in [0.25, 0.3) is 10.8 Å². The molecule has 1 aliphatic carbocycles. The first-order chi connectivity index (χ1) is 11.2. The summed E-state index contributed by atoms with van der Waals surface area (Å²) >= 11 is 0. The minimum atomic E-state index is 0.106. The highest BCUT2D eigenvalue weighted by Gasteiger charge is 2.30. The normalized spacial score (nSPS) is 16.1. The smallest absolute Gasteiger partial charge is 0.243 e. The van der Waals surface area contributed by atoms with Gasteiger partial charge in [-0.05, 0) is 43.1 Å². The summed E-state index contributed by atoms with van der Waals surface area (Å²) in [4.78, 5) is 6.83. The van der Waals surface area contributed by atoms with E-state index in [1.807, 2.05) is 0 Å². The first-order valence-electron chi connectivity index (χ1n) is 8.23. The van der Waals surface area contributed by atoms with Gasteiger partial charge in [-0.1, -0.05) is 47.6 Å². The van der Waals surface area contributed by atoms with E-state index in [2.05, 4.69) is 71.5 Å². The SMILES string of the molecule is CC(c1nc(C2CC2)no1)N(C)Cc1cccc2ccccc12. The van der Waals surface area contributed by atoms with Crippen molar-refractivity contribution >= 4 is 10.8 Å². The van der Waals surface area contributed by atoms with E-state index in [0.717, 1.165) is 18.3 Å². The Balaban J connectivity index is 1.54. The number of rotatable bonds is 5. The van der Waals surface area contributed by atoms with Crippen molar-refractivity contribution in [2.45, 2.75) is 38.3 Å². The van der Waals surface area contributed by atoms with Crippen LogP contribution in [0.2, 0.25) is 0 Å². The van der Waals surface area contributed by atoms with Crippen molar-refractivity contribution in [1.29, 1.82) is 0 Å². The Labute approximate surface area is 136 Å². The standard InChI is InChI=1S/C19H21N3O/c1-13(19-20-18(21-23-19)15-10-11-15)22(2)12-16-8-5-7-14-6-3-4-9-17(14)16/h3-9,13,15H,10-12H2,1-2H3. The molecule has 4 nitrogen and oxygen atoms in total. The molecule has 1 aromatic heterocycles. The summed E-state index contributed by atoms with van der Waals surface area (Å²) in [5.74, 6) is 2.13. The van der Waals surface area contributed by atoms with Gasteiger partial charge in [-0.3, -0.25) is 4.90 Å². The lowest BCUT2D eigenvalue weighted by Crippen LogP contribution is -2.22. The molecule has 1 unspecified atom stereocenters. The molecular weight excluding hydrogens is 286 g/mol. The lowest BCUT2D eigenvalue weighted by molar-refractivity contribution is 0.203. The van der Waals surface area contributed by atoms with Crippen LogP contribution >= 0.6 is 0 Å². The molecule has 3 aromatic rings. The van der Waals surface area contributed by atoms with Crippen LogP contribution in [0.3, 0.4) is 0 Å². The molecule has 1 atom stereocenters. The van der Waals surface area contributed by atoms with Crippen LogP contribution in [0.1, 0.15) is 49.0 Å². The van der Waals surface area contributed by atoms with Gasteiger partial charge in [0.1, 0.15) is 0 Å². The van der Waals surface area contributed by atoms with E-state index in [0.29, 0.717) is 5.92 Å². The second-order valence-corrected chi connectivity index (χ2v) is 6.49. The Kier molecular flexibility index (Phi) is 3.62. The number of benzene rings is 2. The molecule has 0 aliphatic heterocycles. The largest absolute Gasteiger partial charge is 0.338 e. The summed E-state index contributed by atoms with van der Waals surface area (Å²) in [6.45, 7) is 2.97. The zero-order chi connectivity index (χ0) is 15.8. The average Bonchev–Trinajstić information content (AvgIpc) is 3.32. The molecular formula is C19H21N3O. The molecule has 0 radical (unpaired) electrons. The Bertz CT molecular complexity index is 817. The molecule has 1 heterocycles. The summed E-state index contributed by atoms with van der Waals surface area (Å²) in [5.41, 5.74) is 1.32. The van der Waals surface area contributed by atoms with E-state index in [9.17, 15) is 0 Å². The molecule has 1 aliphatic rings. The molecule has 1 fully saturated rings. The fraction of sp³-hybridized carbons (Fsp3) is 0.368. The summed E-state index contributed by atoms with van der Waals surface area (Å²) in [7, 11) is 2.10. The van der Waals surface area contributed by atoms with E-state index in [4.69, 9.17) is 4.52 Å². The van der Waals surface area contributed by atoms with Crippen LogP contribution in [-0.4, -0.2) is 22.1 Å². The van der Waals surface area contributed by atoms with Crippen LogP contribution in [0.15, 0.2) is 47.0 Å². The van der Waals surface area contributed by atoms with Gasteiger partial charge in [0.15, 0.2) is 5.82 Å². The van der Waals surface area contributed by atoms with Crippen LogP contribution < -0.4 is 0 Å². The number of fused-ring (bicyclic) bond motifs is 1. The molecule has 0 bridgehead atoms. The molecule has 0 N–H and O–H groups in total. The van der Waals surface area contributed by atoms with Crippen LogP contribution in [0.5, 0.6) is 0 Å². The Hall–Kier alpha value is -2.20. The predicted octanol–water partition coefficient (Wildman–Crippen LogP) is 4.29. The lowest BCUT2D eigenvalue weighted by atomic mass is 10.0. The molecule has 4 heteroatoms. The second kappa shape index (κ2) is 5.78. The van der Waals surface area contributed by atoms with E-state index in [1.54, 1.807) is 0 Å². The maximum atomic E-state index is 5.47. The van der Waals surface area contributed by atoms with Gasteiger partial charge in [0.2, 0.25) is 5.89 Å². The van der Waals surface area contributed by atoms with Gasteiger partial charge in [0.25, 0.3) is 0 Å². The first kappa shape index (κ1) is 14.4. The quantitative estimate of drug-likeness (QED) is 0.705. The molecule has 0 spiro atoms. The van der Waals surface area contributed by atoms with Gasteiger partial charge in [0.05, 0.1) is 6.04 Å². The highest BCUT2D eigenvalue weighted by atomic mass is 16.5. The minimum absolute atomic E-state index is 0.106. The first-order valence-corrected chi connectivity index (χ1v) is 8.23. The van der Waals surface area contributed by atoms with Gasteiger partial charge in [-0.25, -0.2) is 0 Å². The average molecular weight is 307 g/mol. The molecule has 4 rings (SSSR count). The van der Waals surface area contributed by atoms with E-state index >= 15 is 0 Å². The highest BCUT2D eigenvalue weighted by molar-refractivity contribution is 5.85. The van der Waals surface area contributed by atoms with Crippen molar-refractivity contribution in [3.63, 3.8) is 0 Å². The fourth-order valence-electron chi connectivity index (χ4n) is 2.95. The maximum Gasteiger partial charge on any atom is 0.243 e. The molecule has 23 heavy (non-hydrogen) atoms. The summed E-state index contributed by atoms with van der Waals surface area (Å²) < 4.78 is 5.47. The zero-order valence-corrected chi connectivity index (χ0v) is 13.6. The minimum Gasteiger partial charge on any atom is -0.338 e. The van der Waals surface area contributed by atoms with Crippen molar-refractivity contribution in [3.05, 3.63) is 59.7 Å². The van der Waals surface area contributed by atoms with Gasteiger partial charge < -0.3 is 4.52 Å². The summed E-state index contributed by atoms with van der Waals surface area (Å²) in [5, 5.41) is 6.71. The van der Waals surface area contributed by atoms with Crippen molar-refractivity contribution in [1.82, 2.24) is 15.0 Å². The number of nitrogens with zero attached hydrogens (tertiary/aromatic N) is 3.